The summed E-state index contributed by atoms with van der Waals surface area (Å²) >= 11 is 0. The first-order valence-electron chi connectivity index (χ1n) is 12.2. The van der Waals surface area contributed by atoms with Gasteiger partial charge in [-0.05, 0) is 37.3 Å². The Hall–Kier alpha value is -3.20. The lowest BCUT2D eigenvalue weighted by Crippen LogP contribution is -2.49. The van der Waals surface area contributed by atoms with Gasteiger partial charge in [0.05, 0.1) is 32.1 Å². The van der Waals surface area contributed by atoms with Crippen molar-refractivity contribution in [1.82, 2.24) is 5.01 Å². The number of amides is 1. The van der Waals surface area contributed by atoms with E-state index in [0.717, 1.165) is 36.1 Å². The van der Waals surface area contributed by atoms with Crippen molar-refractivity contribution in [3.8, 4) is 0 Å². The van der Waals surface area contributed by atoms with Gasteiger partial charge < -0.3 is 24.7 Å². The van der Waals surface area contributed by atoms with Crippen LogP contribution in [0.1, 0.15) is 17.3 Å². The van der Waals surface area contributed by atoms with Gasteiger partial charge in [0, 0.05) is 60.4 Å². The van der Waals surface area contributed by atoms with E-state index in [1.54, 1.807) is 6.07 Å². The Morgan fingerprint density at radius 1 is 0.943 bits per heavy atom. The predicted octanol–water partition coefficient (Wildman–Crippen LogP) is 4.14. The number of carbonyl (C=O) groups excluding carboxylic acids is 1. The van der Waals surface area contributed by atoms with Crippen LogP contribution < -0.4 is 15.2 Å². The Morgan fingerprint density at radius 3 is 2.34 bits per heavy atom. The van der Waals surface area contributed by atoms with Crippen LogP contribution in [0.4, 0.5) is 21.5 Å². The summed E-state index contributed by atoms with van der Waals surface area (Å²) in [6.45, 7) is 8.59. The number of nitrogens with zero attached hydrogens (tertiary/aromatic N) is 3. The maximum atomic E-state index is 14.4. The third-order valence-corrected chi connectivity index (χ3v) is 6.58. The van der Waals surface area contributed by atoms with Crippen molar-refractivity contribution in [3.63, 3.8) is 0 Å². The molecule has 2 aliphatic rings. The first-order chi connectivity index (χ1) is 17.1. The fraction of sp³-hybridized carbons (Fsp3) is 0.370. The van der Waals surface area contributed by atoms with Gasteiger partial charge in [-0.2, -0.15) is 0 Å². The van der Waals surface area contributed by atoms with Crippen LogP contribution in [0.3, 0.4) is 0 Å². The SMILES string of the molecule is CCN(c1ccc(NC(=O)c2cc(F)cc(N3CCOCC3)c2)c2ccccc12)N1CCOCC1. The van der Waals surface area contributed by atoms with E-state index in [2.05, 4.69) is 28.3 Å². The zero-order chi connectivity index (χ0) is 24.2. The van der Waals surface area contributed by atoms with Gasteiger partial charge in [-0.1, -0.05) is 24.3 Å². The summed E-state index contributed by atoms with van der Waals surface area (Å²) < 4.78 is 25.4. The minimum absolute atomic E-state index is 0.295. The monoisotopic (exact) mass is 478 g/mol. The van der Waals surface area contributed by atoms with Crippen molar-refractivity contribution in [1.29, 1.82) is 0 Å². The molecule has 2 saturated heterocycles. The molecule has 3 aromatic rings. The number of fused-ring (bicyclic) bond motifs is 1. The molecule has 0 atom stereocenters. The van der Waals surface area contributed by atoms with Crippen LogP contribution in [-0.2, 0) is 9.47 Å². The fourth-order valence-electron chi connectivity index (χ4n) is 4.84. The van der Waals surface area contributed by atoms with Crippen LogP contribution in [0.25, 0.3) is 10.8 Å². The zero-order valence-corrected chi connectivity index (χ0v) is 20.0. The van der Waals surface area contributed by atoms with E-state index in [9.17, 15) is 9.18 Å². The van der Waals surface area contributed by atoms with E-state index in [4.69, 9.17) is 9.47 Å². The summed E-state index contributed by atoms with van der Waals surface area (Å²) in [6.07, 6.45) is 0. The number of anilines is 3. The minimum atomic E-state index is -0.427. The Balaban J connectivity index is 1.43. The van der Waals surface area contributed by atoms with Crippen molar-refractivity contribution in [2.45, 2.75) is 6.92 Å². The Labute approximate surface area is 205 Å². The molecular weight excluding hydrogens is 447 g/mol. The highest BCUT2D eigenvalue weighted by Crippen LogP contribution is 2.34. The molecule has 184 valence electrons. The lowest BCUT2D eigenvalue weighted by Gasteiger charge is -2.39. The van der Waals surface area contributed by atoms with Crippen LogP contribution >= 0.6 is 0 Å². The number of benzene rings is 3. The van der Waals surface area contributed by atoms with Gasteiger partial charge in [0.25, 0.3) is 5.91 Å². The van der Waals surface area contributed by atoms with Crippen LogP contribution in [-0.4, -0.2) is 70.1 Å². The molecular formula is C27H31FN4O3. The zero-order valence-electron chi connectivity index (χ0n) is 20.0. The van der Waals surface area contributed by atoms with E-state index < -0.39 is 5.82 Å². The highest BCUT2D eigenvalue weighted by molar-refractivity contribution is 6.11. The summed E-state index contributed by atoms with van der Waals surface area (Å²) in [5, 5.41) is 9.59. The summed E-state index contributed by atoms with van der Waals surface area (Å²) in [5.74, 6) is -0.763. The van der Waals surface area contributed by atoms with E-state index in [1.165, 1.54) is 12.1 Å². The standard InChI is InChI=1S/C27H31FN4O3/c1-2-32(31-11-15-35-16-12-31)26-8-7-25(23-5-3-4-6-24(23)26)29-27(33)20-17-21(28)19-22(18-20)30-9-13-34-14-10-30/h3-8,17-19H,2,9-16H2,1H3,(H,29,33). The molecule has 1 amide bonds. The average Bonchev–Trinajstić information content (AvgIpc) is 2.91. The van der Waals surface area contributed by atoms with Crippen LogP contribution in [0.15, 0.2) is 54.6 Å². The van der Waals surface area contributed by atoms with E-state index in [-0.39, 0.29) is 5.91 Å². The van der Waals surface area contributed by atoms with Crippen LogP contribution in [0.2, 0.25) is 0 Å². The fourth-order valence-corrected chi connectivity index (χ4v) is 4.84. The number of ether oxygens (including phenoxy) is 2. The highest BCUT2D eigenvalue weighted by Gasteiger charge is 2.21. The van der Waals surface area contributed by atoms with Crippen molar-refractivity contribution in [2.75, 3.05) is 74.4 Å². The number of morpholine rings is 2. The molecule has 8 heteroatoms. The van der Waals surface area contributed by atoms with Gasteiger partial charge >= 0.3 is 0 Å². The summed E-state index contributed by atoms with van der Waals surface area (Å²) in [7, 11) is 0. The van der Waals surface area contributed by atoms with Crippen LogP contribution in [0, 0.1) is 5.82 Å². The number of hydrazine groups is 1. The number of rotatable bonds is 6. The van der Waals surface area contributed by atoms with E-state index in [0.29, 0.717) is 56.5 Å². The van der Waals surface area contributed by atoms with E-state index in [1.807, 2.05) is 35.2 Å². The number of nitrogens with one attached hydrogen (secondary N) is 1. The van der Waals surface area contributed by atoms with Gasteiger partial charge in [0.1, 0.15) is 5.82 Å². The van der Waals surface area contributed by atoms with Crippen LogP contribution in [0.5, 0.6) is 0 Å². The molecule has 0 saturated carbocycles. The first kappa shape index (κ1) is 23.5. The smallest absolute Gasteiger partial charge is 0.255 e. The van der Waals surface area contributed by atoms with Gasteiger partial charge in [-0.15, -0.1) is 0 Å². The molecule has 3 aromatic carbocycles. The molecule has 2 aliphatic heterocycles. The molecule has 0 radical (unpaired) electrons. The topological polar surface area (TPSA) is 57.3 Å². The third kappa shape index (κ3) is 5.10. The molecule has 0 aliphatic carbocycles. The maximum absolute atomic E-state index is 14.4. The Morgan fingerprint density at radius 2 is 1.63 bits per heavy atom. The van der Waals surface area contributed by atoms with E-state index >= 15 is 0 Å². The Kier molecular flexibility index (Phi) is 7.13. The minimum Gasteiger partial charge on any atom is -0.379 e. The molecule has 35 heavy (non-hydrogen) atoms. The lowest BCUT2D eigenvalue weighted by atomic mass is 10.1. The molecule has 7 nitrogen and oxygen atoms in total. The third-order valence-electron chi connectivity index (χ3n) is 6.58. The van der Waals surface area contributed by atoms with Crippen molar-refractivity contribution >= 4 is 33.7 Å². The number of halogens is 1. The normalized spacial score (nSPS) is 16.9. The van der Waals surface area contributed by atoms with Crippen molar-refractivity contribution in [3.05, 3.63) is 66.0 Å². The van der Waals surface area contributed by atoms with Gasteiger partial charge in [0.2, 0.25) is 0 Å². The second-order valence-corrected chi connectivity index (χ2v) is 8.71. The summed E-state index contributed by atoms with van der Waals surface area (Å²) in [4.78, 5) is 15.3. The second kappa shape index (κ2) is 10.6. The number of carbonyl (C=O) groups is 1. The van der Waals surface area contributed by atoms with Crippen molar-refractivity contribution < 1.29 is 18.7 Å². The average molecular weight is 479 g/mol. The highest BCUT2D eigenvalue weighted by atomic mass is 19.1. The predicted molar refractivity (Wildman–Crippen MR) is 137 cm³/mol. The quantitative estimate of drug-likeness (QED) is 0.575. The summed E-state index contributed by atoms with van der Waals surface area (Å²) in [5.41, 5.74) is 2.78. The molecule has 2 heterocycles. The molecule has 1 N–H and O–H groups in total. The summed E-state index contributed by atoms with van der Waals surface area (Å²) in [6, 6.07) is 16.5. The second-order valence-electron chi connectivity index (χ2n) is 8.71. The Bertz CT molecular complexity index is 1190. The first-order valence-corrected chi connectivity index (χ1v) is 12.2. The lowest BCUT2D eigenvalue weighted by molar-refractivity contribution is 0.0324. The molecule has 5 rings (SSSR count). The maximum Gasteiger partial charge on any atom is 0.255 e. The molecule has 0 aromatic heterocycles. The van der Waals surface area contributed by atoms with Crippen molar-refractivity contribution in [2.24, 2.45) is 0 Å². The van der Waals surface area contributed by atoms with Gasteiger partial charge in [0.15, 0.2) is 0 Å². The molecule has 0 bridgehead atoms. The largest absolute Gasteiger partial charge is 0.379 e. The van der Waals surface area contributed by atoms with Gasteiger partial charge in [-0.25, -0.2) is 9.40 Å². The molecule has 0 unspecified atom stereocenters. The molecule has 0 spiro atoms. The number of hydrogen-bond acceptors (Lipinski definition) is 6. The number of hydrogen-bond donors (Lipinski definition) is 1. The van der Waals surface area contributed by atoms with Gasteiger partial charge in [-0.3, -0.25) is 4.79 Å². The molecule has 2 fully saturated rings.